The molecule has 2 aromatic rings. The summed E-state index contributed by atoms with van der Waals surface area (Å²) in [4.78, 5) is 14.3. The number of benzene rings is 2. The Labute approximate surface area is 160 Å². The Morgan fingerprint density at radius 2 is 1.74 bits per heavy atom. The monoisotopic (exact) mass is 366 g/mol. The minimum Gasteiger partial charge on any atom is -0.355 e. The maximum atomic E-state index is 13.5. The van der Waals surface area contributed by atoms with E-state index >= 15 is 0 Å². The molecular weight excluding hydrogens is 339 g/mol. The van der Waals surface area contributed by atoms with Gasteiger partial charge in [-0.25, -0.2) is 4.39 Å². The van der Waals surface area contributed by atoms with Crippen molar-refractivity contribution in [1.82, 2.24) is 10.2 Å². The molecule has 2 aromatic carbocycles. The predicted octanol–water partition coefficient (Wildman–Crippen LogP) is 3.89. The Morgan fingerprint density at radius 3 is 2.37 bits per heavy atom. The Balaban J connectivity index is 1.49. The molecule has 142 valence electrons. The van der Waals surface area contributed by atoms with Gasteiger partial charge in [-0.1, -0.05) is 42.5 Å². The van der Waals surface area contributed by atoms with Gasteiger partial charge >= 0.3 is 0 Å². The second-order valence-electron chi connectivity index (χ2n) is 7.98. The van der Waals surface area contributed by atoms with Crippen molar-refractivity contribution in [3.8, 4) is 0 Å². The van der Waals surface area contributed by atoms with E-state index in [9.17, 15) is 9.18 Å². The van der Waals surface area contributed by atoms with E-state index in [1.54, 1.807) is 12.1 Å². The highest BCUT2D eigenvalue weighted by molar-refractivity contribution is 5.77. The second-order valence-corrected chi connectivity index (χ2v) is 7.98. The van der Waals surface area contributed by atoms with Crippen LogP contribution in [0.1, 0.15) is 36.8 Å². The number of nitrogens with zero attached hydrogens (tertiary/aromatic N) is 1. The number of carbonyl (C=O) groups is 1. The molecule has 1 unspecified atom stereocenters. The number of rotatable bonds is 4. The predicted molar refractivity (Wildman–Crippen MR) is 105 cm³/mol. The van der Waals surface area contributed by atoms with E-state index < -0.39 is 0 Å². The fraction of sp³-hybridized carbons (Fsp3) is 0.435. The molecule has 0 spiro atoms. The van der Waals surface area contributed by atoms with E-state index in [1.807, 2.05) is 12.1 Å². The van der Waals surface area contributed by atoms with Crippen LogP contribution in [0.5, 0.6) is 0 Å². The summed E-state index contributed by atoms with van der Waals surface area (Å²) in [5.41, 5.74) is 2.46. The van der Waals surface area contributed by atoms with Crippen LogP contribution < -0.4 is 5.32 Å². The van der Waals surface area contributed by atoms with E-state index in [4.69, 9.17) is 0 Å². The molecule has 4 rings (SSSR count). The minimum absolute atomic E-state index is 0.0690. The van der Waals surface area contributed by atoms with Gasteiger partial charge in [-0.05, 0) is 61.5 Å². The molecule has 2 aliphatic heterocycles. The van der Waals surface area contributed by atoms with Crippen LogP contribution in [0.3, 0.4) is 0 Å². The molecule has 0 aromatic heterocycles. The van der Waals surface area contributed by atoms with Gasteiger partial charge < -0.3 is 5.32 Å². The standard InChI is InChI=1S/C23H27FN2O/c24-21-8-6-19(7-9-21)23(13-10-22(27)25-17-23)20-11-14-26(15-12-20)16-18-4-2-1-3-5-18/h1-9,20H,10-17H2,(H,25,27). The van der Waals surface area contributed by atoms with Gasteiger partial charge in [-0.2, -0.15) is 0 Å². The lowest BCUT2D eigenvalue weighted by Gasteiger charge is -2.47. The molecule has 27 heavy (non-hydrogen) atoms. The van der Waals surface area contributed by atoms with Crippen molar-refractivity contribution in [3.63, 3.8) is 0 Å². The first-order valence-corrected chi connectivity index (χ1v) is 9.95. The van der Waals surface area contributed by atoms with E-state index in [2.05, 4.69) is 40.5 Å². The van der Waals surface area contributed by atoms with Gasteiger partial charge in [-0.15, -0.1) is 0 Å². The van der Waals surface area contributed by atoms with Crippen LogP contribution >= 0.6 is 0 Å². The van der Waals surface area contributed by atoms with Crippen LogP contribution in [0.2, 0.25) is 0 Å². The number of likely N-dealkylation sites (tertiary alicyclic amines) is 1. The highest BCUT2D eigenvalue weighted by atomic mass is 19.1. The molecular formula is C23H27FN2O. The molecule has 0 radical (unpaired) electrons. The summed E-state index contributed by atoms with van der Waals surface area (Å²) in [5, 5.41) is 3.09. The zero-order valence-electron chi connectivity index (χ0n) is 15.7. The summed E-state index contributed by atoms with van der Waals surface area (Å²) < 4.78 is 13.5. The Morgan fingerprint density at radius 1 is 1.04 bits per heavy atom. The normalized spacial score (nSPS) is 24.6. The van der Waals surface area contributed by atoms with Crippen LogP contribution in [-0.2, 0) is 16.8 Å². The third-order valence-corrected chi connectivity index (χ3v) is 6.44. The number of halogens is 1. The number of carbonyl (C=O) groups excluding carboxylic acids is 1. The van der Waals surface area contributed by atoms with E-state index in [-0.39, 0.29) is 17.1 Å². The molecule has 1 N–H and O–H groups in total. The molecule has 0 saturated carbocycles. The highest BCUT2D eigenvalue weighted by Gasteiger charge is 2.44. The molecule has 0 aliphatic carbocycles. The summed E-state index contributed by atoms with van der Waals surface area (Å²) >= 11 is 0. The SMILES string of the molecule is O=C1CCC(c2ccc(F)cc2)(C2CCN(Cc3ccccc3)CC2)CN1. The molecule has 1 atom stereocenters. The quantitative estimate of drug-likeness (QED) is 0.890. The van der Waals surface area contributed by atoms with Crippen LogP contribution in [0.25, 0.3) is 0 Å². The van der Waals surface area contributed by atoms with E-state index in [0.29, 0.717) is 18.9 Å². The summed E-state index contributed by atoms with van der Waals surface area (Å²) in [5.74, 6) is 0.441. The molecule has 2 saturated heterocycles. The van der Waals surface area contributed by atoms with Gasteiger partial charge in [0.1, 0.15) is 5.82 Å². The van der Waals surface area contributed by atoms with Gasteiger partial charge in [0.2, 0.25) is 5.91 Å². The largest absolute Gasteiger partial charge is 0.355 e. The molecule has 2 heterocycles. The molecule has 3 nitrogen and oxygen atoms in total. The van der Waals surface area contributed by atoms with E-state index in [0.717, 1.165) is 38.9 Å². The smallest absolute Gasteiger partial charge is 0.220 e. The second kappa shape index (κ2) is 7.81. The third kappa shape index (κ3) is 3.91. The van der Waals surface area contributed by atoms with E-state index in [1.165, 1.54) is 11.1 Å². The first-order valence-electron chi connectivity index (χ1n) is 9.95. The molecule has 0 bridgehead atoms. The summed E-state index contributed by atoms with van der Waals surface area (Å²) in [6.45, 7) is 3.79. The van der Waals surface area contributed by atoms with Crippen molar-refractivity contribution >= 4 is 5.91 Å². The average Bonchev–Trinajstić information content (AvgIpc) is 2.71. The first kappa shape index (κ1) is 18.2. The zero-order chi connectivity index (χ0) is 18.7. The van der Waals surface area contributed by atoms with Crippen LogP contribution in [0.15, 0.2) is 54.6 Å². The fourth-order valence-electron chi connectivity index (χ4n) is 4.87. The first-order chi connectivity index (χ1) is 13.2. The maximum absolute atomic E-state index is 13.5. The number of piperidine rings is 2. The van der Waals surface area contributed by atoms with Crippen molar-refractivity contribution < 1.29 is 9.18 Å². The van der Waals surface area contributed by atoms with Crippen molar-refractivity contribution in [1.29, 1.82) is 0 Å². The van der Waals surface area contributed by atoms with Gasteiger partial charge in [-0.3, -0.25) is 9.69 Å². The molecule has 1 amide bonds. The highest BCUT2D eigenvalue weighted by Crippen LogP contribution is 2.43. The number of amides is 1. The van der Waals surface area contributed by atoms with Gasteiger partial charge in [0.15, 0.2) is 0 Å². The van der Waals surface area contributed by atoms with Crippen LogP contribution in [-0.4, -0.2) is 30.4 Å². The summed E-state index contributed by atoms with van der Waals surface area (Å²) in [7, 11) is 0. The molecule has 2 aliphatic rings. The lowest BCUT2D eigenvalue weighted by molar-refractivity contribution is -0.124. The third-order valence-electron chi connectivity index (χ3n) is 6.44. The average molecular weight is 366 g/mol. The van der Waals surface area contributed by atoms with Crippen molar-refractivity contribution in [2.45, 2.75) is 37.6 Å². The summed E-state index contributed by atoms with van der Waals surface area (Å²) in [6.07, 6.45) is 3.63. The topological polar surface area (TPSA) is 32.3 Å². The molecule has 4 heteroatoms. The Bertz CT molecular complexity index is 757. The van der Waals surface area contributed by atoms with Crippen LogP contribution in [0, 0.1) is 11.7 Å². The van der Waals surface area contributed by atoms with Gasteiger partial charge in [0.25, 0.3) is 0 Å². The zero-order valence-corrected chi connectivity index (χ0v) is 15.7. The molecule has 2 fully saturated rings. The summed E-state index contributed by atoms with van der Waals surface area (Å²) in [6, 6.07) is 17.6. The van der Waals surface area contributed by atoms with Crippen molar-refractivity contribution in [2.24, 2.45) is 5.92 Å². The van der Waals surface area contributed by atoms with Crippen molar-refractivity contribution in [2.75, 3.05) is 19.6 Å². The Hall–Kier alpha value is -2.20. The fourth-order valence-corrected chi connectivity index (χ4v) is 4.87. The van der Waals surface area contributed by atoms with Crippen molar-refractivity contribution in [3.05, 3.63) is 71.5 Å². The number of hydrogen-bond donors (Lipinski definition) is 1. The van der Waals surface area contributed by atoms with Gasteiger partial charge in [0.05, 0.1) is 0 Å². The minimum atomic E-state index is -0.202. The maximum Gasteiger partial charge on any atom is 0.220 e. The lowest BCUT2D eigenvalue weighted by Crippen LogP contribution is -2.53. The lowest BCUT2D eigenvalue weighted by atomic mass is 9.63. The number of nitrogens with one attached hydrogen (secondary N) is 1. The number of hydrogen-bond acceptors (Lipinski definition) is 2. The van der Waals surface area contributed by atoms with Crippen LogP contribution in [0.4, 0.5) is 4.39 Å². The Kier molecular flexibility index (Phi) is 5.26. The van der Waals surface area contributed by atoms with Gasteiger partial charge in [0, 0.05) is 24.9 Å².